The number of benzene rings is 1. The minimum absolute atomic E-state index is 0.142. The first kappa shape index (κ1) is 10.7. The number of fused-ring (bicyclic) bond motifs is 1. The topological polar surface area (TPSA) is 43.1 Å². The van der Waals surface area contributed by atoms with Crippen LogP contribution in [-0.2, 0) is 0 Å². The zero-order chi connectivity index (χ0) is 10.8. The molecule has 0 saturated heterocycles. The standard InChI is InChI=1S/C10H8BrNO2S/c1-15-6-2-3-7-9(4-6)14-10(12-7)8(13)5-11/h2-4H,5H2,1H3. The second-order valence-electron chi connectivity index (χ2n) is 2.91. The summed E-state index contributed by atoms with van der Waals surface area (Å²) in [5.74, 6) is 0.0250. The Bertz CT molecular complexity index is 509. The van der Waals surface area contributed by atoms with E-state index in [0.29, 0.717) is 5.58 Å². The second kappa shape index (κ2) is 4.37. The first-order valence-electron chi connectivity index (χ1n) is 4.28. The molecule has 0 bridgehead atoms. The first-order chi connectivity index (χ1) is 7.24. The number of carbonyl (C=O) groups excluding carboxylic acids is 1. The van der Waals surface area contributed by atoms with Crippen LogP contribution in [-0.4, -0.2) is 22.4 Å². The molecule has 0 atom stereocenters. The quantitative estimate of drug-likeness (QED) is 0.494. The molecular weight excluding hydrogens is 278 g/mol. The number of carbonyl (C=O) groups is 1. The Morgan fingerprint density at radius 1 is 1.60 bits per heavy atom. The van der Waals surface area contributed by atoms with Crippen LogP contribution in [0.15, 0.2) is 27.5 Å². The van der Waals surface area contributed by atoms with E-state index in [-0.39, 0.29) is 17.0 Å². The van der Waals surface area contributed by atoms with Gasteiger partial charge in [0.05, 0.1) is 5.33 Å². The molecule has 0 fully saturated rings. The molecule has 5 heteroatoms. The molecule has 78 valence electrons. The number of hydrogen-bond acceptors (Lipinski definition) is 4. The lowest BCUT2D eigenvalue weighted by atomic mass is 10.3. The van der Waals surface area contributed by atoms with Crippen LogP contribution in [0.25, 0.3) is 11.1 Å². The molecule has 0 unspecified atom stereocenters. The Morgan fingerprint density at radius 2 is 2.40 bits per heavy atom. The zero-order valence-corrected chi connectivity index (χ0v) is 10.4. The van der Waals surface area contributed by atoms with Gasteiger partial charge in [-0.05, 0) is 24.5 Å². The molecular formula is C10H8BrNO2S. The summed E-state index contributed by atoms with van der Waals surface area (Å²) in [5.41, 5.74) is 1.38. The van der Waals surface area contributed by atoms with Crippen LogP contribution in [0, 0.1) is 0 Å². The average Bonchev–Trinajstić information content (AvgIpc) is 2.70. The van der Waals surface area contributed by atoms with Crippen LogP contribution in [0.3, 0.4) is 0 Å². The number of nitrogens with zero attached hydrogens (tertiary/aromatic N) is 1. The van der Waals surface area contributed by atoms with Crippen LogP contribution < -0.4 is 0 Å². The van der Waals surface area contributed by atoms with Gasteiger partial charge in [0, 0.05) is 4.90 Å². The van der Waals surface area contributed by atoms with Crippen molar-refractivity contribution in [2.45, 2.75) is 4.90 Å². The van der Waals surface area contributed by atoms with Gasteiger partial charge < -0.3 is 4.42 Å². The molecule has 2 rings (SSSR count). The van der Waals surface area contributed by atoms with Gasteiger partial charge >= 0.3 is 0 Å². The van der Waals surface area contributed by atoms with Gasteiger partial charge in [-0.15, -0.1) is 11.8 Å². The SMILES string of the molecule is CSc1ccc2nc(C(=O)CBr)oc2c1. The van der Waals surface area contributed by atoms with Crippen molar-refractivity contribution < 1.29 is 9.21 Å². The highest BCUT2D eigenvalue weighted by Gasteiger charge is 2.12. The largest absolute Gasteiger partial charge is 0.434 e. The lowest BCUT2D eigenvalue weighted by Crippen LogP contribution is -1.99. The summed E-state index contributed by atoms with van der Waals surface area (Å²) in [7, 11) is 0. The Morgan fingerprint density at radius 3 is 3.07 bits per heavy atom. The molecule has 0 saturated carbocycles. The summed E-state index contributed by atoms with van der Waals surface area (Å²) < 4.78 is 5.36. The third kappa shape index (κ3) is 2.08. The molecule has 0 N–H and O–H groups in total. The van der Waals surface area contributed by atoms with Crippen molar-refractivity contribution >= 4 is 44.6 Å². The van der Waals surface area contributed by atoms with E-state index < -0.39 is 0 Å². The predicted octanol–water partition coefficient (Wildman–Crippen LogP) is 3.13. The summed E-state index contributed by atoms with van der Waals surface area (Å²) in [6.07, 6.45) is 1.99. The Labute approximate surface area is 99.4 Å². The number of Topliss-reactive ketones (excluding diaryl/α,β-unsaturated/α-hetero) is 1. The van der Waals surface area contributed by atoms with Gasteiger partial charge in [0.1, 0.15) is 5.52 Å². The van der Waals surface area contributed by atoms with E-state index in [1.165, 1.54) is 0 Å². The van der Waals surface area contributed by atoms with E-state index in [4.69, 9.17) is 4.42 Å². The monoisotopic (exact) mass is 285 g/mol. The van der Waals surface area contributed by atoms with Crippen molar-refractivity contribution in [1.82, 2.24) is 4.98 Å². The van der Waals surface area contributed by atoms with Crippen LogP contribution in [0.2, 0.25) is 0 Å². The molecule has 0 radical (unpaired) electrons. The summed E-state index contributed by atoms with van der Waals surface area (Å²) >= 11 is 4.71. The molecule has 15 heavy (non-hydrogen) atoms. The number of hydrogen-bond donors (Lipinski definition) is 0. The highest BCUT2D eigenvalue weighted by atomic mass is 79.9. The number of aromatic nitrogens is 1. The van der Waals surface area contributed by atoms with Gasteiger partial charge in [-0.2, -0.15) is 0 Å². The third-order valence-electron chi connectivity index (χ3n) is 1.96. The van der Waals surface area contributed by atoms with Crippen molar-refractivity contribution in [3.8, 4) is 0 Å². The smallest absolute Gasteiger partial charge is 0.265 e. The lowest BCUT2D eigenvalue weighted by Gasteiger charge is -1.92. The summed E-state index contributed by atoms with van der Waals surface area (Å²) in [6.45, 7) is 0. The Hall–Kier alpha value is -0.810. The maximum Gasteiger partial charge on any atom is 0.265 e. The fraction of sp³-hybridized carbons (Fsp3) is 0.200. The van der Waals surface area contributed by atoms with E-state index in [1.807, 2.05) is 24.5 Å². The van der Waals surface area contributed by atoms with Crippen molar-refractivity contribution in [2.75, 3.05) is 11.6 Å². The molecule has 1 aromatic heterocycles. The summed E-state index contributed by atoms with van der Waals surface area (Å²) in [6, 6.07) is 5.70. The van der Waals surface area contributed by atoms with E-state index in [2.05, 4.69) is 20.9 Å². The van der Waals surface area contributed by atoms with Gasteiger partial charge in [-0.25, -0.2) is 4.98 Å². The third-order valence-corrected chi connectivity index (χ3v) is 3.19. The Kier molecular flexibility index (Phi) is 3.11. The maximum atomic E-state index is 11.3. The maximum absolute atomic E-state index is 11.3. The summed E-state index contributed by atoms with van der Waals surface area (Å²) in [5, 5.41) is 0.231. The van der Waals surface area contributed by atoms with Crippen molar-refractivity contribution in [3.05, 3.63) is 24.1 Å². The minimum Gasteiger partial charge on any atom is -0.434 e. The molecule has 0 aliphatic carbocycles. The number of thioether (sulfide) groups is 1. The fourth-order valence-corrected chi connectivity index (χ4v) is 1.88. The van der Waals surface area contributed by atoms with Gasteiger partial charge in [0.2, 0.25) is 5.78 Å². The van der Waals surface area contributed by atoms with E-state index in [9.17, 15) is 4.79 Å². The number of oxazole rings is 1. The minimum atomic E-state index is -0.142. The van der Waals surface area contributed by atoms with Crippen LogP contribution in [0.4, 0.5) is 0 Å². The molecule has 0 spiro atoms. The molecule has 1 aromatic carbocycles. The average molecular weight is 286 g/mol. The number of rotatable bonds is 3. The Balaban J connectivity index is 2.51. The van der Waals surface area contributed by atoms with Crippen LogP contribution in [0.5, 0.6) is 0 Å². The number of halogens is 1. The molecule has 1 heterocycles. The van der Waals surface area contributed by atoms with Gasteiger partial charge in [-0.1, -0.05) is 15.9 Å². The fourth-order valence-electron chi connectivity index (χ4n) is 1.21. The van der Waals surface area contributed by atoms with Gasteiger partial charge in [-0.3, -0.25) is 4.79 Å². The molecule has 3 nitrogen and oxygen atoms in total. The van der Waals surface area contributed by atoms with Crippen molar-refractivity contribution in [2.24, 2.45) is 0 Å². The van der Waals surface area contributed by atoms with Gasteiger partial charge in [0.25, 0.3) is 5.89 Å². The van der Waals surface area contributed by atoms with E-state index >= 15 is 0 Å². The molecule has 0 amide bonds. The number of ketones is 1. The van der Waals surface area contributed by atoms with Crippen LogP contribution in [0.1, 0.15) is 10.7 Å². The first-order valence-corrected chi connectivity index (χ1v) is 6.63. The number of alkyl halides is 1. The van der Waals surface area contributed by atoms with E-state index in [0.717, 1.165) is 10.4 Å². The van der Waals surface area contributed by atoms with Crippen molar-refractivity contribution in [1.29, 1.82) is 0 Å². The predicted molar refractivity (Wildman–Crippen MR) is 63.9 cm³/mol. The summed E-state index contributed by atoms with van der Waals surface area (Å²) in [4.78, 5) is 16.5. The van der Waals surface area contributed by atoms with Gasteiger partial charge in [0.15, 0.2) is 5.58 Å². The normalized spacial score (nSPS) is 10.8. The van der Waals surface area contributed by atoms with Crippen molar-refractivity contribution in [3.63, 3.8) is 0 Å². The van der Waals surface area contributed by atoms with E-state index in [1.54, 1.807) is 11.8 Å². The highest BCUT2D eigenvalue weighted by Crippen LogP contribution is 2.22. The van der Waals surface area contributed by atoms with Crippen LogP contribution >= 0.6 is 27.7 Å². The molecule has 0 aliphatic rings. The zero-order valence-electron chi connectivity index (χ0n) is 7.99. The molecule has 0 aliphatic heterocycles. The second-order valence-corrected chi connectivity index (χ2v) is 4.35. The highest BCUT2D eigenvalue weighted by molar-refractivity contribution is 9.09. The molecule has 2 aromatic rings. The lowest BCUT2D eigenvalue weighted by molar-refractivity contribution is 0.0989.